The largest absolute Gasteiger partial charge is 0.234 e. The molecule has 2 nitrogen and oxygen atoms in total. The van der Waals surface area contributed by atoms with Crippen LogP contribution in [0.3, 0.4) is 0 Å². The normalized spacial score (nSPS) is 16.4. The van der Waals surface area contributed by atoms with E-state index in [-0.39, 0.29) is 4.75 Å². The highest BCUT2D eigenvalue weighted by Crippen LogP contribution is 2.10. The Labute approximate surface area is 59.0 Å². The number of nitrogens with zero attached hydrogens (tertiary/aromatic N) is 1. The van der Waals surface area contributed by atoms with E-state index in [9.17, 15) is 4.21 Å². The van der Waals surface area contributed by atoms with E-state index in [1.807, 2.05) is 20.8 Å². The predicted octanol–water partition coefficient (Wildman–Crippen LogP) is 1.54. The first kappa shape index (κ1) is 8.82. The summed E-state index contributed by atoms with van der Waals surface area (Å²) in [5.41, 5.74) is 0. The summed E-state index contributed by atoms with van der Waals surface area (Å²) in [4.78, 5) is 0. The van der Waals surface area contributed by atoms with Crippen LogP contribution >= 0.6 is 0 Å². The lowest BCUT2D eigenvalue weighted by molar-refractivity contribution is 0.651. The minimum atomic E-state index is -1.07. The standard InChI is InChI=1S/C6H13NOS/c1-5-7-9(8)6(2,3)4/h5H,1-4H3/b7-5-/t9-/m1/s1. The number of hydrogen-bond donors (Lipinski definition) is 0. The molecule has 0 aliphatic carbocycles. The van der Waals surface area contributed by atoms with Crippen LogP contribution in [0.4, 0.5) is 0 Å². The van der Waals surface area contributed by atoms with Crippen molar-refractivity contribution in [2.75, 3.05) is 0 Å². The molecule has 0 unspecified atom stereocenters. The van der Waals surface area contributed by atoms with Gasteiger partial charge in [0.15, 0.2) is 0 Å². The van der Waals surface area contributed by atoms with Crippen molar-refractivity contribution >= 4 is 17.2 Å². The molecule has 0 N–H and O–H groups in total. The molecule has 0 fully saturated rings. The van der Waals surface area contributed by atoms with Gasteiger partial charge in [-0.15, -0.1) is 0 Å². The molecule has 0 bridgehead atoms. The van der Waals surface area contributed by atoms with Crippen molar-refractivity contribution in [2.45, 2.75) is 32.4 Å². The summed E-state index contributed by atoms with van der Waals surface area (Å²) < 4.78 is 14.5. The van der Waals surface area contributed by atoms with E-state index < -0.39 is 11.0 Å². The van der Waals surface area contributed by atoms with Crippen molar-refractivity contribution in [1.29, 1.82) is 0 Å². The van der Waals surface area contributed by atoms with Gasteiger partial charge in [0.1, 0.15) is 11.0 Å². The summed E-state index contributed by atoms with van der Waals surface area (Å²) in [6, 6.07) is 0. The van der Waals surface area contributed by atoms with Crippen molar-refractivity contribution < 1.29 is 4.21 Å². The van der Waals surface area contributed by atoms with Gasteiger partial charge in [-0.3, -0.25) is 0 Å². The second-order valence-corrected chi connectivity index (χ2v) is 4.66. The van der Waals surface area contributed by atoms with E-state index in [1.54, 1.807) is 13.1 Å². The Balaban J connectivity index is 4.06. The Morgan fingerprint density at radius 2 is 1.89 bits per heavy atom. The van der Waals surface area contributed by atoms with Crippen LogP contribution in [0.15, 0.2) is 4.40 Å². The van der Waals surface area contributed by atoms with Crippen molar-refractivity contribution in [2.24, 2.45) is 4.40 Å². The summed E-state index contributed by atoms with van der Waals surface area (Å²) in [6.07, 6.45) is 1.57. The Hall–Kier alpha value is -0.180. The summed E-state index contributed by atoms with van der Waals surface area (Å²) in [5.74, 6) is 0. The topological polar surface area (TPSA) is 29.4 Å². The lowest BCUT2D eigenvalue weighted by atomic mass is 10.3. The number of rotatable bonds is 1. The highest BCUT2D eigenvalue weighted by Gasteiger charge is 2.17. The second-order valence-electron chi connectivity index (χ2n) is 2.73. The average Bonchev–Trinajstić information content (AvgIpc) is 1.64. The molecule has 0 spiro atoms. The van der Waals surface area contributed by atoms with Gasteiger partial charge in [-0.25, -0.2) is 4.21 Å². The van der Waals surface area contributed by atoms with Gasteiger partial charge in [-0.05, 0) is 27.7 Å². The molecule has 3 heteroatoms. The maximum atomic E-state index is 11.0. The highest BCUT2D eigenvalue weighted by molar-refractivity contribution is 7.85. The van der Waals surface area contributed by atoms with Crippen LogP contribution in [0, 0.1) is 0 Å². The molecule has 1 atom stereocenters. The molecule has 9 heavy (non-hydrogen) atoms. The second kappa shape index (κ2) is 3.11. The molecule has 0 aromatic carbocycles. The van der Waals surface area contributed by atoms with Crippen molar-refractivity contribution in [1.82, 2.24) is 0 Å². The van der Waals surface area contributed by atoms with Gasteiger partial charge in [-0.1, -0.05) is 0 Å². The van der Waals surface area contributed by atoms with Gasteiger partial charge >= 0.3 is 0 Å². The zero-order valence-electron chi connectivity index (χ0n) is 6.34. The minimum Gasteiger partial charge on any atom is -0.234 e. The first-order valence-electron chi connectivity index (χ1n) is 2.89. The van der Waals surface area contributed by atoms with Crippen LogP contribution in [0.25, 0.3) is 0 Å². The predicted molar refractivity (Wildman–Crippen MR) is 42.1 cm³/mol. The third-order valence-corrected chi connectivity index (χ3v) is 2.18. The van der Waals surface area contributed by atoms with Crippen molar-refractivity contribution in [3.8, 4) is 0 Å². The zero-order valence-corrected chi connectivity index (χ0v) is 7.16. The number of hydrogen-bond acceptors (Lipinski definition) is 1. The van der Waals surface area contributed by atoms with Gasteiger partial charge < -0.3 is 0 Å². The molecule has 0 aliphatic heterocycles. The van der Waals surface area contributed by atoms with E-state index in [0.717, 1.165) is 0 Å². The van der Waals surface area contributed by atoms with Crippen LogP contribution in [-0.2, 0) is 11.0 Å². The van der Waals surface area contributed by atoms with E-state index in [2.05, 4.69) is 4.40 Å². The Morgan fingerprint density at radius 3 is 2.00 bits per heavy atom. The molecule has 0 radical (unpaired) electrons. The molecule has 54 valence electrons. The summed E-state index contributed by atoms with van der Waals surface area (Å²) in [5, 5.41) is 0. The SMILES string of the molecule is C/C=N\[S@](=O)C(C)(C)C. The Morgan fingerprint density at radius 1 is 1.44 bits per heavy atom. The van der Waals surface area contributed by atoms with Crippen LogP contribution in [-0.4, -0.2) is 15.2 Å². The summed E-state index contributed by atoms with van der Waals surface area (Å²) >= 11 is 0. The van der Waals surface area contributed by atoms with E-state index in [0.29, 0.717) is 0 Å². The molecular formula is C6H13NOS. The molecule has 0 heterocycles. The molecule has 0 rings (SSSR count). The van der Waals surface area contributed by atoms with Gasteiger partial charge in [0.25, 0.3) is 0 Å². The van der Waals surface area contributed by atoms with Crippen LogP contribution in [0.5, 0.6) is 0 Å². The third kappa shape index (κ3) is 3.40. The van der Waals surface area contributed by atoms with Crippen LogP contribution in [0.1, 0.15) is 27.7 Å². The fraction of sp³-hybridized carbons (Fsp3) is 0.833. The first-order valence-corrected chi connectivity index (χ1v) is 4.00. The molecular weight excluding hydrogens is 134 g/mol. The highest BCUT2D eigenvalue weighted by atomic mass is 32.2. The molecule has 0 aliphatic rings. The van der Waals surface area contributed by atoms with Crippen molar-refractivity contribution in [3.63, 3.8) is 0 Å². The lowest BCUT2D eigenvalue weighted by Gasteiger charge is -2.12. The minimum absolute atomic E-state index is 0.216. The van der Waals surface area contributed by atoms with Gasteiger partial charge in [0.2, 0.25) is 0 Å². The zero-order chi connectivity index (χ0) is 7.49. The molecule has 0 amide bonds. The fourth-order valence-electron chi connectivity index (χ4n) is 0.254. The average molecular weight is 147 g/mol. The van der Waals surface area contributed by atoms with Gasteiger partial charge in [-0.2, -0.15) is 4.40 Å². The molecule has 0 saturated carbocycles. The first-order chi connectivity index (χ1) is 3.98. The van der Waals surface area contributed by atoms with E-state index in [4.69, 9.17) is 0 Å². The Bertz CT molecular complexity index is 134. The van der Waals surface area contributed by atoms with Gasteiger partial charge in [0.05, 0.1) is 4.75 Å². The smallest absolute Gasteiger partial charge is 0.144 e. The van der Waals surface area contributed by atoms with Crippen molar-refractivity contribution in [3.05, 3.63) is 0 Å². The maximum Gasteiger partial charge on any atom is 0.144 e. The Kier molecular flexibility index (Phi) is 3.04. The van der Waals surface area contributed by atoms with E-state index in [1.165, 1.54) is 0 Å². The molecule has 0 saturated heterocycles. The quantitative estimate of drug-likeness (QED) is 0.517. The molecule has 0 aromatic heterocycles. The van der Waals surface area contributed by atoms with Gasteiger partial charge in [0, 0.05) is 6.21 Å². The van der Waals surface area contributed by atoms with Crippen LogP contribution < -0.4 is 0 Å². The maximum absolute atomic E-state index is 11.0. The van der Waals surface area contributed by atoms with E-state index >= 15 is 0 Å². The fourth-order valence-corrected chi connectivity index (χ4v) is 0.762. The van der Waals surface area contributed by atoms with Crippen LogP contribution in [0.2, 0.25) is 0 Å². The third-order valence-electron chi connectivity index (χ3n) is 0.725. The summed E-state index contributed by atoms with van der Waals surface area (Å²) in [7, 11) is -1.07. The monoisotopic (exact) mass is 147 g/mol. The molecule has 0 aromatic rings. The lowest BCUT2D eigenvalue weighted by Crippen LogP contribution is -2.19. The summed E-state index contributed by atoms with van der Waals surface area (Å²) in [6.45, 7) is 7.46.